The third kappa shape index (κ3) is 8.45. The van der Waals surface area contributed by atoms with E-state index in [9.17, 15) is 31.9 Å². The lowest BCUT2D eigenvalue weighted by atomic mass is 10.1. The lowest BCUT2D eigenvalue weighted by Gasteiger charge is -2.03. The quantitative estimate of drug-likeness (QED) is 0.148. The van der Waals surface area contributed by atoms with Crippen LogP contribution < -0.4 is 21.4 Å². The average Bonchev–Trinajstić information content (AvgIpc) is 4.00. The molecule has 13 nitrogen and oxygen atoms in total. The molecular weight excluding hydrogens is 1130 g/mol. The number of aromatic amines is 3. The average molecular weight is 1160 g/mol. The summed E-state index contributed by atoms with van der Waals surface area (Å²) in [7, 11) is 1.58. The van der Waals surface area contributed by atoms with Crippen LogP contribution >= 0.6 is 59.4 Å². The van der Waals surface area contributed by atoms with Crippen LogP contribution in [0.25, 0.3) is 82.5 Å². The Bertz CT molecular complexity index is 4050. The van der Waals surface area contributed by atoms with Crippen LogP contribution in [0, 0.1) is 23.3 Å². The lowest BCUT2D eigenvalue weighted by Crippen LogP contribution is -2.14. The van der Waals surface area contributed by atoms with Gasteiger partial charge in [0, 0.05) is 53.2 Å². The fourth-order valence-corrected chi connectivity index (χ4v) is 9.25. The molecule has 0 radical (unpaired) electrons. The van der Waals surface area contributed by atoms with Gasteiger partial charge < -0.3 is 4.74 Å². The van der Waals surface area contributed by atoms with E-state index in [2.05, 4.69) is 78.0 Å². The second-order valence-electron chi connectivity index (χ2n) is 15.4. The Hall–Kier alpha value is -7.39. The molecule has 6 aromatic heterocycles. The van der Waals surface area contributed by atoms with Crippen molar-refractivity contribution < 1.29 is 22.3 Å². The fraction of sp³-hybridized carbons (Fsp3) is 0.0204. The van der Waals surface area contributed by atoms with Gasteiger partial charge in [0.05, 0.1) is 56.9 Å². The van der Waals surface area contributed by atoms with E-state index in [1.807, 2.05) is 0 Å². The van der Waals surface area contributed by atoms with Crippen molar-refractivity contribution in [3.8, 4) is 22.8 Å². The highest BCUT2D eigenvalue weighted by Crippen LogP contribution is 2.30. The zero-order valence-corrected chi connectivity index (χ0v) is 41.0. The van der Waals surface area contributed by atoms with Crippen LogP contribution in [0.15, 0.2) is 156 Å². The van der Waals surface area contributed by atoms with Crippen molar-refractivity contribution in [3.63, 3.8) is 0 Å². The van der Waals surface area contributed by atoms with E-state index in [0.29, 0.717) is 90.1 Å². The number of hydrogen-bond acceptors (Lipinski definition) is 7. The first-order valence-corrected chi connectivity index (χ1v) is 23.2. The van der Waals surface area contributed by atoms with Gasteiger partial charge in [-0.1, -0.05) is 59.4 Å². The standard InChI is InChI=1S/C17H11BrFN3O2.C16H8BrClFN3O.C16H8BrF2N3O/c1-24-11-4-2-10(3-5-11)22-17(23)13-8-20-16-12(15(13)21-22)6-9(18)7-14(16)19;2*17-8-5-11-14-12(7-20-15(11)13(19)6-8)16(23)22(21-14)10-3-1-9(18)2-4-10/h2-8,21H,1H3;2*1-7,21H. The Morgan fingerprint density at radius 2 is 0.786 bits per heavy atom. The number of benzene rings is 6. The Labute approximate surface area is 419 Å². The van der Waals surface area contributed by atoms with Crippen LogP contribution in [0.4, 0.5) is 17.6 Å². The summed E-state index contributed by atoms with van der Waals surface area (Å²) in [6, 6.07) is 28.6. The van der Waals surface area contributed by atoms with Gasteiger partial charge in [-0.25, -0.2) is 31.6 Å². The predicted molar refractivity (Wildman–Crippen MR) is 272 cm³/mol. The molecule has 0 unspecified atom stereocenters. The van der Waals surface area contributed by atoms with Gasteiger partial charge in [0.15, 0.2) is 17.5 Å². The summed E-state index contributed by atoms with van der Waals surface area (Å²) in [5.74, 6) is -1.07. The minimum absolute atomic E-state index is 0.174. The molecule has 70 heavy (non-hydrogen) atoms. The number of rotatable bonds is 4. The molecule has 0 saturated carbocycles. The van der Waals surface area contributed by atoms with Crippen molar-refractivity contribution in [1.29, 1.82) is 0 Å². The summed E-state index contributed by atoms with van der Waals surface area (Å²) in [5, 5.41) is 12.3. The highest BCUT2D eigenvalue weighted by molar-refractivity contribution is 9.11. The van der Waals surface area contributed by atoms with Gasteiger partial charge in [0.25, 0.3) is 16.7 Å². The van der Waals surface area contributed by atoms with Crippen molar-refractivity contribution in [2.75, 3.05) is 7.11 Å². The zero-order valence-electron chi connectivity index (χ0n) is 35.5. The topological polar surface area (TPSA) is 161 Å². The number of fused-ring (bicyclic) bond motifs is 9. The van der Waals surface area contributed by atoms with Crippen molar-refractivity contribution >= 4 is 125 Å². The summed E-state index contributed by atoms with van der Waals surface area (Å²) >= 11 is 15.7. The number of hydrogen-bond donors (Lipinski definition) is 3. The van der Waals surface area contributed by atoms with Gasteiger partial charge in [-0.3, -0.25) is 44.6 Å². The summed E-state index contributed by atoms with van der Waals surface area (Å²) in [5.41, 5.74) is 3.10. The molecule has 0 aliphatic rings. The smallest absolute Gasteiger partial charge is 0.280 e. The lowest BCUT2D eigenvalue weighted by molar-refractivity contribution is 0.414. The SMILES string of the molecule is COc1ccc(-n2[nH]c3c(cnc4c(F)cc(Br)cc43)c2=O)cc1.O=c1c2cnc3c(F)cc(Br)cc3c2[nH]n1-c1ccc(Cl)cc1.O=c1c2cnc3c(F)cc(Br)cc3c2[nH]n1-c1ccc(F)cc1. The number of H-pyrrole nitrogens is 3. The van der Waals surface area contributed by atoms with E-state index in [1.165, 1.54) is 75.1 Å². The molecule has 3 N–H and O–H groups in total. The number of ether oxygens (including phenoxy) is 1. The van der Waals surface area contributed by atoms with Crippen LogP contribution in [0.1, 0.15) is 0 Å². The molecule has 0 aliphatic heterocycles. The molecule has 348 valence electrons. The van der Waals surface area contributed by atoms with Gasteiger partial charge in [-0.2, -0.15) is 0 Å². The second-order valence-corrected chi connectivity index (χ2v) is 18.6. The minimum Gasteiger partial charge on any atom is -0.497 e. The molecule has 0 fully saturated rings. The van der Waals surface area contributed by atoms with E-state index < -0.39 is 23.3 Å². The largest absolute Gasteiger partial charge is 0.497 e. The summed E-state index contributed by atoms with van der Waals surface area (Å²) in [4.78, 5) is 50.0. The first kappa shape index (κ1) is 46.3. The molecule has 0 saturated heterocycles. The van der Waals surface area contributed by atoms with Crippen LogP contribution in [-0.2, 0) is 0 Å². The van der Waals surface area contributed by atoms with Crippen molar-refractivity contribution in [3.05, 3.63) is 201 Å². The predicted octanol–water partition coefficient (Wildman–Crippen LogP) is 12.1. The summed E-state index contributed by atoms with van der Waals surface area (Å²) in [6.45, 7) is 0. The molecule has 12 rings (SSSR count). The summed E-state index contributed by atoms with van der Waals surface area (Å²) in [6.07, 6.45) is 4.13. The molecule has 6 aromatic carbocycles. The van der Waals surface area contributed by atoms with Crippen LogP contribution in [0.3, 0.4) is 0 Å². The van der Waals surface area contributed by atoms with Crippen molar-refractivity contribution in [2.45, 2.75) is 0 Å². The Kier molecular flexibility index (Phi) is 12.2. The van der Waals surface area contributed by atoms with E-state index in [0.717, 1.165) is 0 Å². The van der Waals surface area contributed by atoms with Crippen LogP contribution in [-0.4, -0.2) is 51.4 Å². The van der Waals surface area contributed by atoms with Crippen molar-refractivity contribution in [2.24, 2.45) is 0 Å². The van der Waals surface area contributed by atoms with Gasteiger partial charge in [-0.05, 0) is 109 Å². The molecule has 21 heteroatoms. The molecule has 0 aliphatic carbocycles. The number of methoxy groups -OCH3 is 1. The third-order valence-electron chi connectivity index (χ3n) is 11.1. The third-order valence-corrected chi connectivity index (χ3v) is 12.8. The molecule has 12 aromatic rings. The number of nitrogens with zero attached hydrogens (tertiary/aromatic N) is 6. The second kappa shape index (κ2) is 18.5. The van der Waals surface area contributed by atoms with Gasteiger partial charge in [-0.15, -0.1) is 0 Å². The Balaban J connectivity index is 0.000000122. The van der Waals surface area contributed by atoms with E-state index in [1.54, 1.807) is 73.8 Å². The molecule has 0 atom stereocenters. The monoisotopic (exact) mass is 1150 g/mol. The highest BCUT2D eigenvalue weighted by Gasteiger charge is 2.18. The number of nitrogens with one attached hydrogen (secondary N) is 3. The van der Waals surface area contributed by atoms with Crippen LogP contribution in [0.2, 0.25) is 5.02 Å². The van der Waals surface area contributed by atoms with Gasteiger partial charge in [0.2, 0.25) is 0 Å². The Morgan fingerprint density at radius 3 is 1.11 bits per heavy atom. The molecule has 0 bridgehead atoms. The summed E-state index contributed by atoms with van der Waals surface area (Å²) < 4.78 is 66.1. The zero-order chi connectivity index (χ0) is 49.1. The number of halogens is 8. The highest BCUT2D eigenvalue weighted by atomic mass is 79.9. The van der Waals surface area contributed by atoms with Gasteiger partial charge >= 0.3 is 0 Å². The van der Waals surface area contributed by atoms with Crippen LogP contribution in [0.5, 0.6) is 5.75 Å². The van der Waals surface area contributed by atoms with E-state index >= 15 is 0 Å². The normalized spacial score (nSPS) is 11.4. The van der Waals surface area contributed by atoms with E-state index in [-0.39, 0.29) is 33.2 Å². The van der Waals surface area contributed by atoms with Gasteiger partial charge in [0.1, 0.15) is 28.1 Å². The molecule has 6 heterocycles. The minimum atomic E-state index is -0.480. The number of aromatic nitrogens is 9. The maximum Gasteiger partial charge on any atom is 0.280 e. The maximum absolute atomic E-state index is 14.1. The molecular formula is C49H27Br3ClF4N9O4. The van der Waals surface area contributed by atoms with Crippen molar-refractivity contribution in [1.82, 2.24) is 44.3 Å². The molecule has 0 spiro atoms. The first-order chi connectivity index (χ1) is 33.7. The fourth-order valence-electron chi connectivity index (χ4n) is 7.83. The number of pyridine rings is 3. The maximum atomic E-state index is 14.1. The van der Waals surface area contributed by atoms with E-state index in [4.69, 9.17) is 16.3 Å². The molecule has 0 amide bonds. The first-order valence-electron chi connectivity index (χ1n) is 20.5. The Morgan fingerprint density at radius 1 is 0.471 bits per heavy atom.